The fourth-order valence-corrected chi connectivity index (χ4v) is 1.25. The largest absolute Gasteiger partial charge is 0.464 e. The van der Waals surface area contributed by atoms with Crippen LogP contribution in [0.25, 0.3) is 11.0 Å². The van der Waals surface area contributed by atoms with E-state index in [-0.39, 0.29) is 19.2 Å². The van der Waals surface area contributed by atoms with E-state index >= 15 is 0 Å². The fourth-order valence-electron chi connectivity index (χ4n) is 1.25. The second-order valence-corrected chi connectivity index (χ2v) is 2.93. The zero-order chi connectivity index (χ0) is 13.4. The molecule has 0 bridgehead atoms. The Balaban J connectivity index is 0.000000771. The van der Waals surface area contributed by atoms with Gasteiger partial charge in [-0.25, -0.2) is 0 Å². The number of nitrogens with zero attached hydrogens (tertiary/aromatic N) is 2. The van der Waals surface area contributed by atoms with Crippen LogP contribution in [0.2, 0.25) is 0 Å². The molecule has 0 aliphatic rings. The van der Waals surface area contributed by atoms with Gasteiger partial charge in [0.1, 0.15) is 12.3 Å². The molecule has 2 heterocycles. The van der Waals surface area contributed by atoms with E-state index in [0.29, 0.717) is 11.5 Å². The Kier molecular flexibility index (Phi) is 5.48. The van der Waals surface area contributed by atoms with E-state index in [1.807, 2.05) is 13.8 Å². The Hall–Kier alpha value is -2.26. The van der Waals surface area contributed by atoms with E-state index in [1.54, 1.807) is 12.3 Å². The van der Waals surface area contributed by atoms with Crippen molar-refractivity contribution in [1.29, 1.82) is 0 Å². The third kappa shape index (κ3) is 3.37. The molecule has 0 saturated heterocycles. The van der Waals surface area contributed by atoms with Crippen LogP contribution in [-0.2, 0) is 0 Å². The van der Waals surface area contributed by atoms with E-state index in [9.17, 15) is 0 Å². The van der Waals surface area contributed by atoms with E-state index in [4.69, 9.17) is 15.6 Å². The predicted octanol–water partition coefficient (Wildman–Crippen LogP) is 0.941. The Morgan fingerprint density at radius 3 is 2.89 bits per heavy atom. The van der Waals surface area contributed by atoms with Crippen molar-refractivity contribution in [3.63, 3.8) is 0 Å². The molecule has 0 spiro atoms. The molecular weight excluding hydrogens is 232 g/mol. The van der Waals surface area contributed by atoms with Crippen molar-refractivity contribution in [3.8, 4) is 17.7 Å². The normalized spacial score (nSPS) is 9.06. The predicted molar refractivity (Wildman–Crippen MR) is 70.0 cm³/mol. The average molecular weight is 248 g/mol. The zero-order valence-electron chi connectivity index (χ0n) is 10.4. The number of aliphatic hydroxyl groups excluding tert-OH is 1. The Bertz CT molecular complexity index is 554. The van der Waals surface area contributed by atoms with Gasteiger partial charge in [-0.1, -0.05) is 25.7 Å². The number of rotatable bonds is 2. The van der Waals surface area contributed by atoms with Gasteiger partial charge in [0.25, 0.3) is 0 Å². The zero-order valence-corrected chi connectivity index (χ0v) is 10.4. The molecule has 6 nitrogen and oxygen atoms in total. The third-order valence-electron chi connectivity index (χ3n) is 1.88. The SMILES string of the molecule is CC.Nc1nc(OCC#CCO)c2cc[nH]c2n1. The lowest BCUT2D eigenvalue weighted by Crippen LogP contribution is -2.01. The molecule has 0 aliphatic heterocycles. The van der Waals surface area contributed by atoms with Gasteiger partial charge in [0.05, 0.1) is 5.39 Å². The van der Waals surface area contributed by atoms with Gasteiger partial charge in [-0.3, -0.25) is 0 Å². The summed E-state index contributed by atoms with van der Waals surface area (Å²) in [5.41, 5.74) is 6.14. The first kappa shape index (κ1) is 13.8. The van der Waals surface area contributed by atoms with Crippen molar-refractivity contribution < 1.29 is 9.84 Å². The maximum Gasteiger partial charge on any atom is 0.228 e. The number of aromatic nitrogens is 3. The van der Waals surface area contributed by atoms with Gasteiger partial charge in [-0.2, -0.15) is 9.97 Å². The number of anilines is 1. The summed E-state index contributed by atoms with van der Waals surface area (Å²) in [7, 11) is 0. The molecule has 0 aliphatic carbocycles. The van der Waals surface area contributed by atoms with Crippen LogP contribution in [0.3, 0.4) is 0 Å². The second kappa shape index (κ2) is 7.14. The molecule has 4 N–H and O–H groups in total. The summed E-state index contributed by atoms with van der Waals surface area (Å²) in [4.78, 5) is 10.9. The highest BCUT2D eigenvalue weighted by Gasteiger charge is 2.07. The second-order valence-electron chi connectivity index (χ2n) is 2.93. The molecule has 18 heavy (non-hydrogen) atoms. The molecule has 0 aromatic carbocycles. The molecule has 0 fully saturated rings. The highest BCUT2D eigenvalue weighted by Crippen LogP contribution is 2.21. The number of hydrogen-bond acceptors (Lipinski definition) is 5. The molecule has 0 unspecified atom stereocenters. The number of ether oxygens (including phenoxy) is 1. The van der Waals surface area contributed by atoms with Gasteiger partial charge in [0.15, 0.2) is 6.61 Å². The minimum absolute atomic E-state index is 0.139. The van der Waals surface area contributed by atoms with Crippen LogP contribution in [0, 0.1) is 11.8 Å². The van der Waals surface area contributed by atoms with Gasteiger partial charge >= 0.3 is 0 Å². The smallest absolute Gasteiger partial charge is 0.228 e. The summed E-state index contributed by atoms with van der Waals surface area (Å²) in [6.07, 6.45) is 1.73. The topological polar surface area (TPSA) is 97.0 Å². The maximum atomic E-state index is 8.47. The maximum absolute atomic E-state index is 8.47. The third-order valence-corrected chi connectivity index (χ3v) is 1.88. The monoisotopic (exact) mass is 248 g/mol. The van der Waals surface area contributed by atoms with Crippen LogP contribution in [-0.4, -0.2) is 33.3 Å². The number of hydrogen-bond donors (Lipinski definition) is 3. The lowest BCUT2D eigenvalue weighted by molar-refractivity contribution is 0.346. The van der Waals surface area contributed by atoms with Crippen molar-refractivity contribution in [1.82, 2.24) is 15.0 Å². The summed E-state index contributed by atoms with van der Waals surface area (Å²) in [6.45, 7) is 3.96. The quantitative estimate of drug-likeness (QED) is 0.687. The van der Waals surface area contributed by atoms with Crippen molar-refractivity contribution >= 4 is 17.0 Å². The van der Waals surface area contributed by atoms with Gasteiger partial charge < -0.3 is 20.6 Å². The number of nitrogens with two attached hydrogens (primary N) is 1. The molecule has 2 aromatic rings. The van der Waals surface area contributed by atoms with Crippen LogP contribution < -0.4 is 10.5 Å². The number of aromatic amines is 1. The van der Waals surface area contributed by atoms with Crippen LogP contribution >= 0.6 is 0 Å². The Labute approximate surface area is 105 Å². The van der Waals surface area contributed by atoms with Crippen LogP contribution in [0.4, 0.5) is 5.95 Å². The first-order valence-corrected chi connectivity index (χ1v) is 5.61. The van der Waals surface area contributed by atoms with Crippen LogP contribution in [0.1, 0.15) is 13.8 Å². The number of fused-ring (bicyclic) bond motifs is 1. The average Bonchev–Trinajstić information content (AvgIpc) is 2.85. The summed E-state index contributed by atoms with van der Waals surface area (Å²) < 4.78 is 5.32. The highest BCUT2D eigenvalue weighted by atomic mass is 16.5. The first-order valence-electron chi connectivity index (χ1n) is 5.61. The summed E-state index contributed by atoms with van der Waals surface area (Å²) in [5, 5.41) is 9.22. The van der Waals surface area contributed by atoms with Gasteiger partial charge in [-0.05, 0) is 6.07 Å². The van der Waals surface area contributed by atoms with Gasteiger partial charge in [-0.15, -0.1) is 0 Å². The molecule has 0 saturated carbocycles. The van der Waals surface area contributed by atoms with Crippen LogP contribution in [0.5, 0.6) is 5.88 Å². The first-order chi connectivity index (χ1) is 8.81. The lowest BCUT2D eigenvalue weighted by Gasteiger charge is -2.02. The van der Waals surface area contributed by atoms with Crippen LogP contribution in [0.15, 0.2) is 12.3 Å². The van der Waals surface area contributed by atoms with Crippen molar-refractivity contribution in [2.24, 2.45) is 0 Å². The number of nitrogens with one attached hydrogen (secondary N) is 1. The number of aliphatic hydroxyl groups is 1. The van der Waals surface area contributed by atoms with Crippen molar-refractivity contribution in [3.05, 3.63) is 12.3 Å². The standard InChI is InChI=1S/C10H10N4O2.C2H6/c11-10-13-8-7(3-4-12-8)9(14-10)16-6-2-1-5-15;1-2/h3-4,15H,5-6H2,(H3,11,12,13,14);1-2H3. The van der Waals surface area contributed by atoms with E-state index < -0.39 is 0 Å². The molecule has 2 rings (SSSR count). The molecule has 6 heteroatoms. The fraction of sp³-hybridized carbons (Fsp3) is 0.333. The molecule has 0 amide bonds. The number of H-pyrrole nitrogens is 1. The molecule has 96 valence electrons. The molecule has 0 atom stereocenters. The van der Waals surface area contributed by atoms with E-state index in [0.717, 1.165) is 5.39 Å². The van der Waals surface area contributed by atoms with Crippen molar-refractivity contribution in [2.45, 2.75) is 13.8 Å². The molecular formula is C12H16N4O2. The van der Waals surface area contributed by atoms with E-state index in [1.165, 1.54) is 0 Å². The summed E-state index contributed by atoms with van der Waals surface area (Å²) >= 11 is 0. The van der Waals surface area contributed by atoms with Gasteiger partial charge in [0, 0.05) is 6.20 Å². The summed E-state index contributed by atoms with van der Waals surface area (Å²) in [5.74, 6) is 5.62. The minimum Gasteiger partial charge on any atom is -0.464 e. The number of nitrogen functional groups attached to an aromatic ring is 1. The Morgan fingerprint density at radius 2 is 2.17 bits per heavy atom. The Morgan fingerprint density at radius 1 is 1.39 bits per heavy atom. The lowest BCUT2D eigenvalue weighted by atomic mass is 10.4. The van der Waals surface area contributed by atoms with Crippen molar-refractivity contribution in [2.75, 3.05) is 18.9 Å². The van der Waals surface area contributed by atoms with Gasteiger partial charge in [0.2, 0.25) is 11.8 Å². The summed E-state index contributed by atoms with van der Waals surface area (Å²) in [6, 6.07) is 1.80. The molecule has 0 radical (unpaired) electrons. The van der Waals surface area contributed by atoms with E-state index in [2.05, 4.69) is 26.8 Å². The minimum atomic E-state index is -0.186. The molecule has 2 aromatic heterocycles. The highest BCUT2D eigenvalue weighted by molar-refractivity contribution is 5.81.